The zero-order valence-corrected chi connectivity index (χ0v) is 6.79. The van der Waals surface area contributed by atoms with E-state index in [4.69, 9.17) is 0 Å². The molecule has 0 heterocycles. The van der Waals surface area contributed by atoms with E-state index in [0.29, 0.717) is 0 Å². The summed E-state index contributed by atoms with van der Waals surface area (Å²) in [6.07, 6.45) is 0. The molecule has 1 aromatic rings. The van der Waals surface area contributed by atoms with Crippen molar-refractivity contribution in [2.24, 2.45) is 0 Å². The Balaban J connectivity index is 0.000001000. The van der Waals surface area contributed by atoms with Crippen molar-refractivity contribution in [3.8, 4) is 0 Å². The Kier molecular flexibility index (Phi) is 4.03. The van der Waals surface area contributed by atoms with Crippen LogP contribution in [0.15, 0.2) is 24.3 Å². The number of carboxylic acid groups (broad SMARTS) is 1. The van der Waals surface area contributed by atoms with Crippen LogP contribution in [0.2, 0.25) is 0 Å². The van der Waals surface area contributed by atoms with E-state index in [9.17, 15) is 14.3 Å². The first-order valence-electron chi connectivity index (χ1n) is 2.67. The van der Waals surface area contributed by atoms with Crippen LogP contribution in [0, 0.1) is 5.82 Å². The van der Waals surface area contributed by atoms with E-state index < -0.39 is 17.3 Å². The number of benzene rings is 1. The topological polar surface area (TPSA) is 40.1 Å². The zero-order valence-electron chi connectivity index (χ0n) is 5.31. The molecule has 0 fully saturated rings. The van der Waals surface area contributed by atoms with Crippen LogP contribution < -0.4 is 5.11 Å². The molecular formula is C7H4AgFO2. The number of carbonyl (C=O) groups is 1. The van der Waals surface area contributed by atoms with Gasteiger partial charge >= 0.3 is 22.4 Å². The van der Waals surface area contributed by atoms with Crippen LogP contribution in [0.4, 0.5) is 4.39 Å². The van der Waals surface area contributed by atoms with Crippen LogP contribution in [-0.2, 0) is 22.4 Å². The van der Waals surface area contributed by atoms with Crippen LogP contribution in [0.1, 0.15) is 10.4 Å². The average molecular weight is 247 g/mol. The van der Waals surface area contributed by atoms with Gasteiger partial charge in [0.05, 0.1) is 5.97 Å². The number of hydrogen-bond donors (Lipinski definition) is 0. The fourth-order valence-electron chi connectivity index (χ4n) is 0.627. The predicted octanol–water partition coefficient (Wildman–Crippen LogP) is 0.187. The van der Waals surface area contributed by atoms with Crippen LogP contribution in [0.25, 0.3) is 0 Å². The molecule has 2 nitrogen and oxygen atoms in total. The first kappa shape index (κ1) is 10.4. The summed E-state index contributed by atoms with van der Waals surface area (Å²) in [5, 5.41) is 10.1. The maximum Gasteiger partial charge on any atom is 1.00 e. The number of halogens is 1. The van der Waals surface area contributed by atoms with Crippen molar-refractivity contribution in [3.05, 3.63) is 35.6 Å². The van der Waals surface area contributed by atoms with Crippen molar-refractivity contribution in [1.29, 1.82) is 0 Å². The summed E-state index contributed by atoms with van der Waals surface area (Å²) >= 11 is 0. The normalized spacial score (nSPS) is 8.45. The predicted molar refractivity (Wildman–Crippen MR) is 30.7 cm³/mol. The van der Waals surface area contributed by atoms with E-state index in [0.717, 1.165) is 12.1 Å². The fraction of sp³-hybridized carbons (Fsp3) is 0. The molecule has 4 heteroatoms. The van der Waals surface area contributed by atoms with Crippen molar-refractivity contribution in [3.63, 3.8) is 0 Å². The average Bonchev–Trinajstić information content (AvgIpc) is 1.88. The maximum absolute atomic E-state index is 12.4. The summed E-state index contributed by atoms with van der Waals surface area (Å²) in [6.45, 7) is 0. The number of hydrogen-bond acceptors (Lipinski definition) is 2. The molecule has 0 aliphatic rings. The minimum absolute atomic E-state index is 0. The monoisotopic (exact) mass is 246 g/mol. The van der Waals surface area contributed by atoms with Gasteiger partial charge < -0.3 is 9.90 Å². The number of carboxylic acids is 1. The van der Waals surface area contributed by atoms with Crippen molar-refractivity contribution in [2.75, 3.05) is 0 Å². The molecule has 11 heavy (non-hydrogen) atoms. The van der Waals surface area contributed by atoms with Crippen LogP contribution >= 0.6 is 0 Å². The maximum atomic E-state index is 12.4. The third-order valence-electron chi connectivity index (χ3n) is 1.09. The largest absolute Gasteiger partial charge is 1.00 e. The van der Waals surface area contributed by atoms with E-state index in [1.807, 2.05) is 0 Å². The summed E-state index contributed by atoms with van der Waals surface area (Å²) in [5.74, 6) is -2.25. The molecule has 1 rings (SSSR count). The second-order valence-corrected chi connectivity index (χ2v) is 1.77. The standard InChI is InChI=1S/C7H5FO2.Ag/c8-6-4-2-1-3-5(6)7(9)10;/h1-4H,(H,9,10);/q;+1/p-1. The fourth-order valence-corrected chi connectivity index (χ4v) is 0.627. The molecule has 0 radical (unpaired) electrons. The summed E-state index contributed by atoms with van der Waals surface area (Å²) in [4.78, 5) is 10.1. The molecule has 0 spiro atoms. The molecular weight excluding hydrogens is 243 g/mol. The van der Waals surface area contributed by atoms with Gasteiger partial charge in [-0.1, -0.05) is 18.2 Å². The molecule has 0 atom stereocenters. The van der Waals surface area contributed by atoms with E-state index in [2.05, 4.69) is 0 Å². The minimum atomic E-state index is -1.49. The van der Waals surface area contributed by atoms with Gasteiger partial charge in [-0.25, -0.2) is 4.39 Å². The Morgan fingerprint density at radius 2 is 1.91 bits per heavy atom. The molecule has 0 aliphatic heterocycles. The summed E-state index contributed by atoms with van der Waals surface area (Å²) in [7, 11) is 0. The quantitative estimate of drug-likeness (QED) is 0.664. The molecule has 1 aromatic carbocycles. The Morgan fingerprint density at radius 3 is 2.27 bits per heavy atom. The van der Waals surface area contributed by atoms with Crippen molar-refractivity contribution >= 4 is 5.97 Å². The van der Waals surface area contributed by atoms with E-state index >= 15 is 0 Å². The Bertz CT molecular complexity index is 262. The molecule has 0 unspecified atom stereocenters. The Morgan fingerprint density at radius 1 is 1.36 bits per heavy atom. The van der Waals surface area contributed by atoms with Gasteiger partial charge in [0.25, 0.3) is 0 Å². The van der Waals surface area contributed by atoms with Crippen LogP contribution in [-0.4, -0.2) is 5.97 Å². The molecule has 0 N–H and O–H groups in total. The van der Waals surface area contributed by atoms with Crippen molar-refractivity contribution in [2.45, 2.75) is 0 Å². The molecule has 0 bridgehead atoms. The minimum Gasteiger partial charge on any atom is -0.545 e. The van der Waals surface area contributed by atoms with Gasteiger partial charge in [-0.05, 0) is 6.07 Å². The van der Waals surface area contributed by atoms with Crippen LogP contribution in [0.3, 0.4) is 0 Å². The molecule has 0 saturated carbocycles. The van der Waals surface area contributed by atoms with Gasteiger partial charge in [-0.2, -0.15) is 0 Å². The third-order valence-corrected chi connectivity index (χ3v) is 1.09. The molecule has 62 valence electrons. The number of rotatable bonds is 1. The smallest absolute Gasteiger partial charge is 0.545 e. The molecule has 0 saturated heterocycles. The van der Waals surface area contributed by atoms with Gasteiger partial charge in [0, 0.05) is 5.56 Å². The van der Waals surface area contributed by atoms with Gasteiger partial charge in [0.2, 0.25) is 0 Å². The molecule has 0 aliphatic carbocycles. The van der Waals surface area contributed by atoms with Crippen molar-refractivity contribution in [1.82, 2.24) is 0 Å². The number of carbonyl (C=O) groups excluding carboxylic acids is 1. The number of aromatic carboxylic acids is 1. The van der Waals surface area contributed by atoms with Gasteiger partial charge in [-0.15, -0.1) is 0 Å². The van der Waals surface area contributed by atoms with Gasteiger partial charge in [0.1, 0.15) is 5.82 Å². The summed E-state index contributed by atoms with van der Waals surface area (Å²) < 4.78 is 12.4. The third kappa shape index (κ3) is 2.46. The molecule has 0 aromatic heterocycles. The Labute approximate surface area is 78.6 Å². The van der Waals surface area contributed by atoms with E-state index in [1.165, 1.54) is 12.1 Å². The molecule has 0 amide bonds. The Hall–Kier alpha value is -0.640. The first-order chi connectivity index (χ1) is 4.72. The second kappa shape index (κ2) is 4.28. The van der Waals surface area contributed by atoms with Crippen molar-refractivity contribution < 1.29 is 36.7 Å². The van der Waals surface area contributed by atoms with E-state index in [-0.39, 0.29) is 22.4 Å². The van der Waals surface area contributed by atoms with E-state index in [1.54, 1.807) is 0 Å². The first-order valence-corrected chi connectivity index (χ1v) is 2.67. The van der Waals surface area contributed by atoms with Crippen LogP contribution in [0.5, 0.6) is 0 Å². The second-order valence-electron chi connectivity index (χ2n) is 1.77. The summed E-state index contributed by atoms with van der Waals surface area (Å²) in [5.41, 5.74) is -0.400. The zero-order chi connectivity index (χ0) is 7.56. The SMILES string of the molecule is O=C([O-])c1ccccc1F.[Ag+]. The van der Waals surface area contributed by atoms with Gasteiger partial charge in [0.15, 0.2) is 0 Å². The summed E-state index contributed by atoms with van der Waals surface area (Å²) in [6, 6.07) is 5.09. The van der Waals surface area contributed by atoms with Gasteiger partial charge in [-0.3, -0.25) is 0 Å².